The first-order chi connectivity index (χ1) is 5.86. The van der Waals surface area contributed by atoms with Crippen molar-refractivity contribution in [1.29, 1.82) is 0 Å². The van der Waals surface area contributed by atoms with E-state index in [2.05, 4.69) is 28.3 Å². The molecule has 1 aromatic heterocycles. The van der Waals surface area contributed by atoms with Gasteiger partial charge in [-0.15, -0.1) is 0 Å². The smallest absolute Gasteiger partial charge is 0.0386 e. The van der Waals surface area contributed by atoms with Gasteiger partial charge in [0.25, 0.3) is 0 Å². The molecule has 2 N–H and O–H groups in total. The first-order valence-electron chi connectivity index (χ1n) is 4.39. The van der Waals surface area contributed by atoms with E-state index in [1.54, 1.807) is 0 Å². The molecule has 2 heterocycles. The molecule has 3 heteroatoms. The van der Waals surface area contributed by atoms with Crippen LogP contribution >= 0.6 is 0 Å². The number of nitrogens with one attached hydrogen (secondary N) is 2. The van der Waals surface area contributed by atoms with Crippen molar-refractivity contribution in [1.82, 2.24) is 15.2 Å². The normalized spacial score (nSPS) is 18.2. The minimum atomic E-state index is 0.730. The van der Waals surface area contributed by atoms with Gasteiger partial charge >= 0.3 is 0 Å². The van der Waals surface area contributed by atoms with Crippen LogP contribution in [0.15, 0.2) is 18.3 Å². The number of aromatic amines is 1. The quantitative estimate of drug-likeness (QED) is 0.680. The maximum absolute atomic E-state index is 3.27. The SMILES string of the molecule is CN(Cc1ccc[nH]1)C1CNC1. The molecule has 12 heavy (non-hydrogen) atoms. The lowest BCUT2D eigenvalue weighted by Crippen LogP contribution is -2.55. The zero-order chi connectivity index (χ0) is 8.39. The van der Waals surface area contributed by atoms with Gasteiger partial charge in [-0.2, -0.15) is 0 Å². The van der Waals surface area contributed by atoms with Crippen LogP contribution in [0, 0.1) is 0 Å². The molecule has 0 aromatic carbocycles. The lowest BCUT2D eigenvalue weighted by Gasteiger charge is -2.35. The standard InChI is InChI=1S/C9H15N3/c1-12(9-5-10-6-9)7-8-3-2-4-11-8/h2-4,9-11H,5-7H2,1H3. The number of hydrogen-bond acceptors (Lipinski definition) is 2. The fourth-order valence-electron chi connectivity index (χ4n) is 1.45. The van der Waals surface area contributed by atoms with Gasteiger partial charge in [-0.25, -0.2) is 0 Å². The predicted molar refractivity (Wildman–Crippen MR) is 48.9 cm³/mol. The summed E-state index contributed by atoms with van der Waals surface area (Å²) < 4.78 is 0. The molecule has 1 aliphatic rings. The molecular formula is C9H15N3. The van der Waals surface area contributed by atoms with E-state index in [0.29, 0.717) is 0 Å². The predicted octanol–water partition coefficient (Wildman–Crippen LogP) is 0.418. The van der Waals surface area contributed by atoms with Gasteiger partial charge in [-0.1, -0.05) is 0 Å². The monoisotopic (exact) mass is 165 g/mol. The third kappa shape index (κ3) is 1.52. The van der Waals surface area contributed by atoms with Crippen LogP contribution < -0.4 is 5.32 Å². The summed E-state index contributed by atoms with van der Waals surface area (Å²) in [6.45, 7) is 3.30. The van der Waals surface area contributed by atoms with E-state index in [0.717, 1.165) is 25.7 Å². The van der Waals surface area contributed by atoms with Crippen molar-refractivity contribution < 1.29 is 0 Å². The molecule has 0 saturated carbocycles. The van der Waals surface area contributed by atoms with Gasteiger partial charge in [-0.3, -0.25) is 4.90 Å². The van der Waals surface area contributed by atoms with E-state index in [9.17, 15) is 0 Å². The molecule has 0 radical (unpaired) electrons. The van der Waals surface area contributed by atoms with Crippen molar-refractivity contribution in [3.63, 3.8) is 0 Å². The number of aromatic nitrogens is 1. The highest BCUT2D eigenvalue weighted by molar-refractivity contribution is 5.03. The van der Waals surface area contributed by atoms with E-state index >= 15 is 0 Å². The first kappa shape index (κ1) is 7.83. The van der Waals surface area contributed by atoms with Crippen molar-refractivity contribution in [2.24, 2.45) is 0 Å². The second kappa shape index (κ2) is 3.29. The van der Waals surface area contributed by atoms with Gasteiger partial charge in [0, 0.05) is 37.6 Å². The molecule has 0 unspecified atom stereocenters. The van der Waals surface area contributed by atoms with Crippen LogP contribution in [0.2, 0.25) is 0 Å². The fourth-order valence-corrected chi connectivity index (χ4v) is 1.45. The van der Waals surface area contributed by atoms with Crippen LogP contribution in [0.25, 0.3) is 0 Å². The molecule has 1 saturated heterocycles. The summed E-state index contributed by atoms with van der Waals surface area (Å²) in [5.41, 5.74) is 1.30. The van der Waals surface area contributed by atoms with Crippen LogP contribution in [-0.2, 0) is 6.54 Å². The maximum Gasteiger partial charge on any atom is 0.0386 e. The largest absolute Gasteiger partial charge is 0.364 e. The van der Waals surface area contributed by atoms with E-state index in [1.807, 2.05) is 12.3 Å². The van der Waals surface area contributed by atoms with E-state index in [4.69, 9.17) is 0 Å². The summed E-state index contributed by atoms with van der Waals surface area (Å²) in [5, 5.41) is 3.27. The van der Waals surface area contributed by atoms with E-state index in [1.165, 1.54) is 5.69 Å². The Hall–Kier alpha value is -0.800. The average Bonchev–Trinajstić information content (AvgIpc) is 2.34. The molecule has 0 bridgehead atoms. The number of H-pyrrole nitrogens is 1. The average molecular weight is 165 g/mol. The number of likely N-dealkylation sites (N-methyl/N-ethyl adjacent to an activating group) is 1. The Morgan fingerprint density at radius 2 is 2.42 bits per heavy atom. The zero-order valence-electron chi connectivity index (χ0n) is 7.38. The summed E-state index contributed by atoms with van der Waals surface area (Å²) in [7, 11) is 2.17. The van der Waals surface area contributed by atoms with Gasteiger partial charge in [-0.05, 0) is 19.2 Å². The summed E-state index contributed by atoms with van der Waals surface area (Å²) in [4.78, 5) is 5.59. The third-order valence-electron chi connectivity index (χ3n) is 2.47. The molecule has 0 amide bonds. The summed E-state index contributed by atoms with van der Waals surface area (Å²) in [6, 6.07) is 4.90. The molecule has 1 fully saturated rings. The summed E-state index contributed by atoms with van der Waals surface area (Å²) >= 11 is 0. The van der Waals surface area contributed by atoms with Crippen LogP contribution in [-0.4, -0.2) is 36.1 Å². The van der Waals surface area contributed by atoms with Crippen LogP contribution in [0.3, 0.4) is 0 Å². The lowest BCUT2D eigenvalue weighted by atomic mass is 10.1. The molecule has 1 aliphatic heterocycles. The second-order valence-electron chi connectivity index (χ2n) is 3.42. The molecule has 1 aromatic rings. The Balaban J connectivity index is 1.86. The molecule has 0 spiro atoms. The minimum Gasteiger partial charge on any atom is -0.364 e. The number of rotatable bonds is 3. The van der Waals surface area contributed by atoms with Crippen molar-refractivity contribution in [2.75, 3.05) is 20.1 Å². The minimum absolute atomic E-state index is 0.730. The van der Waals surface area contributed by atoms with Crippen molar-refractivity contribution in [2.45, 2.75) is 12.6 Å². The number of hydrogen-bond donors (Lipinski definition) is 2. The highest BCUT2D eigenvalue weighted by Gasteiger charge is 2.21. The van der Waals surface area contributed by atoms with Crippen LogP contribution in [0.4, 0.5) is 0 Å². The highest BCUT2D eigenvalue weighted by atomic mass is 15.2. The topological polar surface area (TPSA) is 31.1 Å². The first-order valence-corrected chi connectivity index (χ1v) is 4.39. The van der Waals surface area contributed by atoms with Crippen molar-refractivity contribution >= 4 is 0 Å². The lowest BCUT2D eigenvalue weighted by molar-refractivity contribution is 0.171. The molecule has 0 atom stereocenters. The molecule has 66 valence electrons. The molecule has 2 rings (SSSR count). The zero-order valence-corrected chi connectivity index (χ0v) is 7.38. The summed E-state index contributed by atoms with van der Waals surface area (Å²) in [5.74, 6) is 0. The third-order valence-corrected chi connectivity index (χ3v) is 2.47. The van der Waals surface area contributed by atoms with Crippen molar-refractivity contribution in [3.8, 4) is 0 Å². The van der Waals surface area contributed by atoms with Crippen LogP contribution in [0.1, 0.15) is 5.69 Å². The van der Waals surface area contributed by atoms with Crippen LogP contribution in [0.5, 0.6) is 0 Å². The second-order valence-corrected chi connectivity index (χ2v) is 3.42. The maximum atomic E-state index is 3.27. The van der Waals surface area contributed by atoms with Gasteiger partial charge < -0.3 is 10.3 Å². The van der Waals surface area contributed by atoms with E-state index in [-0.39, 0.29) is 0 Å². The van der Waals surface area contributed by atoms with Gasteiger partial charge in [0.2, 0.25) is 0 Å². The van der Waals surface area contributed by atoms with Gasteiger partial charge in [0.05, 0.1) is 0 Å². The van der Waals surface area contributed by atoms with Crippen molar-refractivity contribution in [3.05, 3.63) is 24.0 Å². The summed E-state index contributed by atoms with van der Waals surface area (Å²) in [6.07, 6.45) is 1.97. The Bertz CT molecular complexity index is 226. The Morgan fingerprint density at radius 1 is 1.58 bits per heavy atom. The Labute approximate surface area is 72.8 Å². The highest BCUT2D eigenvalue weighted by Crippen LogP contribution is 2.06. The molecule has 0 aliphatic carbocycles. The van der Waals surface area contributed by atoms with Gasteiger partial charge in [0.15, 0.2) is 0 Å². The number of nitrogens with zero attached hydrogens (tertiary/aromatic N) is 1. The van der Waals surface area contributed by atoms with Gasteiger partial charge in [0.1, 0.15) is 0 Å². The molecule has 3 nitrogen and oxygen atoms in total. The molecular weight excluding hydrogens is 150 g/mol. The van der Waals surface area contributed by atoms with E-state index < -0.39 is 0 Å². The Kier molecular flexibility index (Phi) is 2.15. The fraction of sp³-hybridized carbons (Fsp3) is 0.556. The Morgan fingerprint density at radius 3 is 2.92 bits per heavy atom.